The summed E-state index contributed by atoms with van der Waals surface area (Å²) in [6.45, 7) is 0. The van der Waals surface area contributed by atoms with Gasteiger partial charge in [-0.3, -0.25) is 16.3 Å². The van der Waals surface area contributed by atoms with Crippen molar-refractivity contribution in [3.63, 3.8) is 0 Å². The van der Waals surface area contributed by atoms with E-state index in [-0.39, 0.29) is 6.04 Å². The Morgan fingerprint density at radius 1 is 1.17 bits per heavy atom. The first-order valence-electron chi connectivity index (χ1n) is 5.51. The van der Waals surface area contributed by atoms with Crippen molar-refractivity contribution in [2.24, 2.45) is 5.84 Å². The number of rotatable bonds is 4. The minimum atomic E-state index is 0.0358. The van der Waals surface area contributed by atoms with Crippen LogP contribution in [0.3, 0.4) is 0 Å². The van der Waals surface area contributed by atoms with Crippen LogP contribution < -0.4 is 11.3 Å². The first-order chi connectivity index (χ1) is 8.69. The zero-order valence-electron chi connectivity index (χ0n) is 9.61. The molecule has 2 aromatic rings. The molecule has 94 valence electrons. The highest BCUT2D eigenvalue weighted by molar-refractivity contribution is 9.11. The fourth-order valence-corrected chi connectivity index (χ4v) is 3.11. The summed E-state index contributed by atoms with van der Waals surface area (Å²) in [6.07, 6.45) is 2.54. The number of halogens is 2. The number of nitrogens with one attached hydrogen (secondary N) is 1. The van der Waals surface area contributed by atoms with Gasteiger partial charge >= 0.3 is 0 Å². The third kappa shape index (κ3) is 3.62. The van der Waals surface area contributed by atoms with Crippen molar-refractivity contribution in [2.45, 2.75) is 12.5 Å². The predicted molar refractivity (Wildman–Crippen MR) is 79.8 cm³/mol. The fourth-order valence-electron chi connectivity index (χ4n) is 1.78. The molecule has 0 aliphatic rings. The van der Waals surface area contributed by atoms with E-state index in [0.29, 0.717) is 0 Å². The molecule has 5 heteroatoms. The Bertz CT molecular complexity index is 497. The molecule has 0 saturated carbocycles. The lowest BCUT2D eigenvalue weighted by Gasteiger charge is -2.16. The lowest BCUT2D eigenvalue weighted by atomic mass is 10.0. The van der Waals surface area contributed by atoms with Crippen molar-refractivity contribution in [3.05, 3.63) is 62.8 Å². The Morgan fingerprint density at radius 3 is 2.44 bits per heavy atom. The molecule has 0 amide bonds. The molecule has 0 bridgehead atoms. The van der Waals surface area contributed by atoms with Crippen LogP contribution in [0.25, 0.3) is 0 Å². The van der Waals surface area contributed by atoms with Crippen molar-refractivity contribution in [3.8, 4) is 0 Å². The number of benzene rings is 1. The van der Waals surface area contributed by atoms with E-state index in [1.54, 1.807) is 6.20 Å². The van der Waals surface area contributed by atoms with Gasteiger partial charge in [0.05, 0.1) is 6.04 Å². The van der Waals surface area contributed by atoms with Crippen LogP contribution in [0.1, 0.15) is 17.3 Å². The highest BCUT2D eigenvalue weighted by Crippen LogP contribution is 2.25. The monoisotopic (exact) mass is 369 g/mol. The largest absolute Gasteiger partial charge is 0.271 e. The maximum absolute atomic E-state index is 5.64. The summed E-state index contributed by atoms with van der Waals surface area (Å²) in [7, 11) is 0. The van der Waals surface area contributed by atoms with Crippen molar-refractivity contribution in [1.82, 2.24) is 10.4 Å². The molecule has 18 heavy (non-hydrogen) atoms. The average Bonchev–Trinajstić information content (AvgIpc) is 2.36. The second-order valence-electron chi connectivity index (χ2n) is 3.95. The normalized spacial score (nSPS) is 12.4. The molecule has 1 heterocycles. The van der Waals surface area contributed by atoms with Crippen LogP contribution in [0.4, 0.5) is 0 Å². The van der Waals surface area contributed by atoms with Crippen LogP contribution in [-0.2, 0) is 6.42 Å². The van der Waals surface area contributed by atoms with E-state index < -0.39 is 0 Å². The SMILES string of the molecule is NNC(Cc1ccccn1)c1cc(Br)cc(Br)c1. The zero-order valence-corrected chi connectivity index (χ0v) is 12.8. The highest BCUT2D eigenvalue weighted by atomic mass is 79.9. The van der Waals surface area contributed by atoms with Crippen LogP contribution in [0, 0.1) is 0 Å². The molecule has 1 unspecified atom stereocenters. The van der Waals surface area contributed by atoms with Gasteiger partial charge in [0.15, 0.2) is 0 Å². The van der Waals surface area contributed by atoms with Gasteiger partial charge in [-0.15, -0.1) is 0 Å². The minimum absolute atomic E-state index is 0.0358. The van der Waals surface area contributed by atoms with Crippen molar-refractivity contribution >= 4 is 31.9 Å². The Morgan fingerprint density at radius 2 is 1.89 bits per heavy atom. The van der Waals surface area contributed by atoms with Crippen LogP contribution >= 0.6 is 31.9 Å². The van der Waals surface area contributed by atoms with Gasteiger partial charge in [-0.2, -0.15) is 0 Å². The summed E-state index contributed by atoms with van der Waals surface area (Å²) in [5, 5.41) is 0. The maximum atomic E-state index is 5.64. The van der Waals surface area contributed by atoms with E-state index in [2.05, 4.69) is 54.4 Å². The second-order valence-corrected chi connectivity index (χ2v) is 5.78. The fraction of sp³-hybridized carbons (Fsp3) is 0.154. The summed E-state index contributed by atoms with van der Waals surface area (Å²) in [4.78, 5) is 4.32. The molecule has 0 aliphatic carbocycles. The summed E-state index contributed by atoms with van der Waals surface area (Å²) >= 11 is 6.96. The molecule has 0 aliphatic heterocycles. The Kier molecular flexibility index (Phi) is 4.88. The molecule has 3 N–H and O–H groups in total. The molecule has 0 spiro atoms. The summed E-state index contributed by atoms with van der Waals surface area (Å²) in [6, 6.07) is 12.0. The lowest BCUT2D eigenvalue weighted by Crippen LogP contribution is -2.29. The van der Waals surface area contributed by atoms with Crippen LogP contribution in [0.15, 0.2) is 51.5 Å². The third-order valence-corrected chi connectivity index (χ3v) is 3.54. The molecule has 0 fully saturated rings. The van der Waals surface area contributed by atoms with Crippen LogP contribution in [0.5, 0.6) is 0 Å². The van der Waals surface area contributed by atoms with Gasteiger partial charge < -0.3 is 0 Å². The van der Waals surface area contributed by atoms with Gasteiger partial charge in [-0.05, 0) is 35.9 Å². The molecule has 0 saturated heterocycles. The predicted octanol–water partition coefficient (Wildman–Crippen LogP) is 3.35. The smallest absolute Gasteiger partial charge is 0.0516 e. The molecular weight excluding hydrogens is 358 g/mol. The molecular formula is C13H13Br2N3. The first kappa shape index (κ1) is 13.7. The van der Waals surface area contributed by atoms with Crippen molar-refractivity contribution in [1.29, 1.82) is 0 Å². The van der Waals surface area contributed by atoms with Gasteiger partial charge in [0.2, 0.25) is 0 Å². The van der Waals surface area contributed by atoms with E-state index in [0.717, 1.165) is 26.6 Å². The molecule has 3 nitrogen and oxygen atoms in total. The Labute approximate surface area is 123 Å². The summed E-state index contributed by atoms with van der Waals surface area (Å²) < 4.78 is 2.04. The second kappa shape index (κ2) is 6.43. The van der Waals surface area contributed by atoms with E-state index in [1.165, 1.54) is 0 Å². The van der Waals surface area contributed by atoms with Crippen LogP contribution in [0.2, 0.25) is 0 Å². The van der Waals surface area contributed by atoms with Crippen molar-refractivity contribution in [2.75, 3.05) is 0 Å². The van der Waals surface area contributed by atoms with Crippen molar-refractivity contribution < 1.29 is 0 Å². The van der Waals surface area contributed by atoms with Gasteiger partial charge in [0, 0.05) is 27.3 Å². The maximum Gasteiger partial charge on any atom is 0.0516 e. The van der Waals surface area contributed by atoms with Gasteiger partial charge in [0.1, 0.15) is 0 Å². The van der Waals surface area contributed by atoms with E-state index in [9.17, 15) is 0 Å². The van der Waals surface area contributed by atoms with E-state index >= 15 is 0 Å². The molecule has 0 radical (unpaired) electrons. The number of aromatic nitrogens is 1. The Hall–Kier alpha value is -0.750. The minimum Gasteiger partial charge on any atom is -0.271 e. The lowest BCUT2D eigenvalue weighted by molar-refractivity contribution is 0.545. The number of hydrogen-bond acceptors (Lipinski definition) is 3. The third-order valence-electron chi connectivity index (χ3n) is 2.63. The van der Waals surface area contributed by atoms with E-state index in [4.69, 9.17) is 5.84 Å². The Balaban J connectivity index is 2.23. The number of hydrogen-bond donors (Lipinski definition) is 2. The number of hydrazine groups is 1. The first-order valence-corrected chi connectivity index (χ1v) is 7.09. The molecule has 1 aromatic heterocycles. The van der Waals surface area contributed by atoms with Gasteiger partial charge in [-0.1, -0.05) is 37.9 Å². The van der Waals surface area contributed by atoms with Crippen LogP contribution in [-0.4, -0.2) is 4.98 Å². The highest BCUT2D eigenvalue weighted by Gasteiger charge is 2.12. The molecule has 1 atom stereocenters. The zero-order chi connectivity index (χ0) is 13.0. The average molecular weight is 371 g/mol. The summed E-state index contributed by atoms with van der Waals surface area (Å²) in [5.41, 5.74) is 4.97. The molecule has 1 aromatic carbocycles. The van der Waals surface area contributed by atoms with E-state index in [1.807, 2.05) is 24.3 Å². The molecule has 2 rings (SSSR count). The topological polar surface area (TPSA) is 50.9 Å². The standard InChI is InChI=1S/C13H13Br2N3/c14-10-5-9(6-11(15)7-10)13(18-16)8-12-3-1-2-4-17-12/h1-7,13,18H,8,16H2. The number of nitrogens with zero attached hydrogens (tertiary/aromatic N) is 1. The quantitative estimate of drug-likeness (QED) is 0.640. The number of pyridine rings is 1. The van der Waals surface area contributed by atoms with Gasteiger partial charge in [-0.25, -0.2) is 0 Å². The number of nitrogens with two attached hydrogens (primary N) is 1. The summed E-state index contributed by atoms with van der Waals surface area (Å²) in [5.74, 6) is 5.64. The van der Waals surface area contributed by atoms with Gasteiger partial charge in [0.25, 0.3) is 0 Å².